The zero-order valence-corrected chi connectivity index (χ0v) is 6.84. The molecular weight excluding hydrogens is 146 g/mol. The molecular formula is HCoNaOTi. The van der Waals surface area contributed by atoms with E-state index in [0.29, 0.717) is 0 Å². The summed E-state index contributed by atoms with van der Waals surface area (Å²) in [6.45, 7) is 0. The van der Waals surface area contributed by atoms with E-state index in [4.69, 9.17) is 3.87 Å². The molecule has 4 heteroatoms. The fraction of sp³-hybridized carbons (Fsp3) is 0. The molecule has 4 heavy (non-hydrogen) atoms. The molecule has 0 spiro atoms. The molecule has 0 saturated heterocycles. The predicted octanol–water partition coefficient (Wildman–Crippen LogP) is -3.01. The van der Waals surface area contributed by atoms with Crippen molar-refractivity contribution in [2.24, 2.45) is 0 Å². The third-order valence-corrected chi connectivity index (χ3v) is 0. The normalized spacial score (nSPS) is 1.25. The summed E-state index contributed by atoms with van der Waals surface area (Å²) in [4.78, 5) is 0. The van der Waals surface area contributed by atoms with Crippen LogP contribution >= 0.6 is 0 Å². The molecule has 0 aromatic rings. The third-order valence-electron chi connectivity index (χ3n) is 0. The van der Waals surface area contributed by atoms with E-state index >= 15 is 0 Å². The average Bonchev–Trinajstić information content (AvgIpc) is 1.00. The Morgan fingerprint density at radius 1 is 1.50 bits per heavy atom. The van der Waals surface area contributed by atoms with Crippen LogP contribution in [0.4, 0.5) is 0 Å². The van der Waals surface area contributed by atoms with Crippen LogP contribution in [0.3, 0.4) is 0 Å². The zero-order chi connectivity index (χ0) is 2.00. The summed E-state index contributed by atoms with van der Waals surface area (Å²) in [7, 11) is 0. The molecule has 0 fully saturated rings. The Bertz CT molecular complexity index is 11.6. The van der Waals surface area contributed by atoms with Crippen LogP contribution in [-0.2, 0) is 41.3 Å². The van der Waals surface area contributed by atoms with Gasteiger partial charge in [0.25, 0.3) is 0 Å². The van der Waals surface area contributed by atoms with Gasteiger partial charge in [0.15, 0.2) is 0 Å². The SMILES string of the molecule is [H-].[Na+].[O]=[Co].[Ti]. The molecule has 0 amide bonds. The van der Waals surface area contributed by atoms with Gasteiger partial charge < -0.3 is 1.43 Å². The fourth-order valence-electron chi connectivity index (χ4n) is 0. The topological polar surface area (TPSA) is 17.1 Å². The van der Waals surface area contributed by atoms with Crippen molar-refractivity contribution in [3.63, 3.8) is 0 Å². The quantitative estimate of drug-likeness (QED) is 0.333. The Kier molecular flexibility index (Phi) is 82.7. The Balaban J connectivity index is -0.00000000167. The van der Waals surface area contributed by atoms with Gasteiger partial charge in [-0.2, -0.15) is 0 Å². The molecule has 21 valence electrons. The first-order chi connectivity index (χ1) is 1.00. The first-order valence-electron chi connectivity index (χ1n) is 0.136. The summed E-state index contributed by atoms with van der Waals surface area (Å²) in [6, 6.07) is 0. The van der Waals surface area contributed by atoms with E-state index in [1.165, 1.54) is 0 Å². The molecule has 0 rings (SSSR count). The van der Waals surface area contributed by atoms with Crippen molar-refractivity contribution in [2.45, 2.75) is 0 Å². The number of hydrogen-bond acceptors (Lipinski definition) is 1. The zero-order valence-electron chi connectivity index (χ0n) is 3.24. The van der Waals surface area contributed by atoms with Crippen molar-refractivity contribution < 1.29 is 72.2 Å². The first kappa shape index (κ1) is 16.6. The average molecular weight is 147 g/mol. The largest absolute Gasteiger partial charge is 0 e. The molecule has 0 aliphatic carbocycles. The molecule has 0 bridgehead atoms. The van der Waals surface area contributed by atoms with E-state index in [1.54, 1.807) is 0 Å². The van der Waals surface area contributed by atoms with E-state index in [2.05, 4.69) is 15.7 Å². The maximum atomic E-state index is 7.94. The molecule has 0 aromatic carbocycles. The van der Waals surface area contributed by atoms with Gasteiger partial charge in [-0.15, -0.1) is 0 Å². The second kappa shape index (κ2) is 19.9. The van der Waals surface area contributed by atoms with Crippen molar-refractivity contribution in [1.82, 2.24) is 0 Å². The van der Waals surface area contributed by atoms with Crippen LogP contribution in [0, 0.1) is 0 Å². The Hall–Kier alpha value is 2.02. The minimum absolute atomic E-state index is 0. The molecule has 0 unspecified atom stereocenters. The number of hydrogen-bond donors (Lipinski definition) is 0. The van der Waals surface area contributed by atoms with Gasteiger partial charge >= 0.3 is 49.1 Å². The van der Waals surface area contributed by atoms with Crippen LogP contribution in [0.25, 0.3) is 0 Å². The summed E-state index contributed by atoms with van der Waals surface area (Å²) in [6.07, 6.45) is 0. The molecule has 1 nitrogen and oxygen atoms in total. The van der Waals surface area contributed by atoms with Gasteiger partial charge in [0.2, 0.25) is 0 Å². The van der Waals surface area contributed by atoms with Gasteiger partial charge in [0, 0.05) is 21.7 Å². The fourth-order valence-corrected chi connectivity index (χ4v) is 0. The van der Waals surface area contributed by atoms with Gasteiger partial charge in [-0.05, 0) is 0 Å². The van der Waals surface area contributed by atoms with Crippen LogP contribution in [0.15, 0.2) is 0 Å². The van der Waals surface area contributed by atoms with Gasteiger partial charge in [-0.25, -0.2) is 0 Å². The van der Waals surface area contributed by atoms with E-state index in [9.17, 15) is 0 Å². The Morgan fingerprint density at radius 3 is 1.50 bits per heavy atom. The summed E-state index contributed by atoms with van der Waals surface area (Å²) in [5, 5.41) is 0. The molecule has 0 heterocycles. The maximum absolute atomic E-state index is 7.94. The molecule has 0 aliphatic rings. The minimum atomic E-state index is 0. The monoisotopic (exact) mass is 147 g/mol. The second-order valence-electron chi connectivity index (χ2n) is 0. The van der Waals surface area contributed by atoms with Gasteiger partial charge in [0.05, 0.1) is 0 Å². The van der Waals surface area contributed by atoms with Crippen molar-refractivity contribution in [1.29, 1.82) is 0 Å². The van der Waals surface area contributed by atoms with Crippen LogP contribution in [0.5, 0.6) is 0 Å². The maximum Gasteiger partial charge on any atom is 0 e. The molecule has 0 aliphatic heterocycles. The molecule has 0 radical (unpaired) electrons. The molecule has 0 N–H and O–H groups in total. The van der Waals surface area contributed by atoms with Gasteiger partial charge in [-0.3, -0.25) is 0 Å². The summed E-state index contributed by atoms with van der Waals surface area (Å²) in [5.74, 6) is 0. The van der Waals surface area contributed by atoms with Crippen molar-refractivity contribution in [2.75, 3.05) is 0 Å². The van der Waals surface area contributed by atoms with Crippen molar-refractivity contribution in [3.05, 3.63) is 0 Å². The van der Waals surface area contributed by atoms with Crippen molar-refractivity contribution >= 4 is 0 Å². The third kappa shape index (κ3) is 8.98. The predicted molar refractivity (Wildman–Crippen MR) is 1.80 cm³/mol. The van der Waals surface area contributed by atoms with Crippen LogP contribution in [0.1, 0.15) is 1.43 Å². The Morgan fingerprint density at radius 2 is 1.50 bits per heavy atom. The van der Waals surface area contributed by atoms with E-state index < -0.39 is 0 Å². The summed E-state index contributed by atoms with van der Waals surface area (Å²) in [5.41, 5.74) is 0. The second-order valence-corrected chi connectivity index (χ2v) is 0. The summed E-state index contributed by atoms with van der Waals surface area (Å²) < 4.78 is 7.94. The standard InChI is InChI=1S/Co.Na.O.Ti.H/q;+1;;;-1. The number of rotatable bonds is 0. The molecule has 0 saturated carbocycles. The van der Waals surface area contributed by atoms with Gasteiger partial charge in [-0.1, -0.05) is 0 Å². The van der Waals surface area contributed by atoms with E-state index in [-0.39, 0.29) is 52.7 Å². The first-order valence-corrected chi connectivity index (χ1v) is 0.561. The smallest absolute Gasteiger partial charge is 0 e. The van der Waals surface area contributed by atoms with Crippen LogP contribution < -0.4 is 29.6 Å². The summed E-state index contributed by atoms with van der Waals surface area (Å²) >= 11 is 2.31. The van der Waals surface area contributed by atoms with Crippen molar-refractivity contribution in [3.8, 4) is 0 Å². The minimum Gasteiger partial charge on any atom is 0 e. The van der Waals surface area contributed by atoms with Crippen LogP contribution in [-0.4, -0.2) is 0 Å². The van der Waals surface area contributed by atoms with E-state index in [1.807, 2.05) is 0 Å². The van der Waals surface area contributed by atoms with Crippen LogP contribution in [0.2, 0.25) is 0 Å². The van der Waals surface area contributed by atoms with E-state index in [0.717, 1.165) is 0 Å². The Labute approximate surface area is 71.4 Å². The van der Waals surface area contributed by atoms with Gasteiger partial charge in [0.1, 0.15) is 0 Å². The molecule has 0 atom stereocenters. The molecule has 0 aromatic heterocycles.